The zero-order valence-electron chi connectivity index (χ0n) is 36.0. The van der Waals surface area contributed by atoms with E-state index in [9.17, 15) is 39.0 Å². The largest absolute Gasteiger partial charge is 0.507 e. The number of nitrogens with one attached hydrogen (secondary N) is 3. The second-order valence-electron chi connectivity index (χ2n) is 17.2. The molecule has 2 aliphatic carbocycles. The SMILES string of the molecule is CC(C)[C@H](N)C(=O)N[C@@H](CCCNC(N)=O)C(=O)Cc1ccc(COC(=O)CCc2ccc3c(c2)C(=O)c2c(O)cc4c(c2C3=O)N[C@H]2C#C/C=C\C#C[C@@H](O)[C@@]43O[C@@]23C(C)C)cc1. The van der Waals surface area contributed by atoms with E-state index in [4.69, 9.17) is 20.9 Å². The number of primary amides is 1. The van der Waals surface area contributed by atoms with Gasteiger partial charge in [0.25, 0.3) is 0 Å². The molecule has 1 saturated heterocycles. The van der Waals surface area contributed by atoms with Gasteiger partial charge in [0.05, 0.1) is 28.9 Å². The van der Waals surface area contributed by atoms with E-state index in [0.717, 1.165) is 0 Å². The van der Waals surface area contributed by atoms with Crippen molar-refractivity contribution < 1.29 is 48.5 Å². The number of aromatic hydroxyl groups is 1. The Hall–Kier alpha value is -6.78. The maximum atomic E-state index is 14.3. The van der Waals surface area contributed by atoms with Crippen molar-refractivity contribution in [3.63, 3.8) is 0 Å². The summed E-state index contributed by atoms with van der Waals surface area (Å²) >= 11 is 0. The number of carbonyl (C=O) groups excluding carboxylic acids is 6. The van der Waals surface area contributed by atoms with E-state index in [1.54, 1.807) is 42.5 Å². The molecule has 4 aliphatic rings. The van der Waals surface area contributed by atoms with E-state index >= 15 is 0 Å². The van der Waals surface area contributed by atoms with Crippen molar-refractivity contribution in [1.29, 1.82) is 0 Å². The molecule has 7 rings (SSSR count). The number of phenolic OH excluding ortho intramolecular Hbond substituents is 1. The molecule has 0 unspecified atom stereocenters. The molecule has 1 fully saturated rings. The van der Waals surface area contributed by atoms with E-state index < -0.39 is 70.7 Å². The number of hydrogen-bond acceptors (Lipinski definition) is 12. The predicted molar refractivity (Wildman–Crippen MR) is 235 cm³/mol. The number of carbonyl (C=O) groups is 6. The van der Waals surface area contributed by atoms with E-state index in [1.807, 2.05) is 27.7 Å². The summed E-state index contributed by atoms with van der Waals surface area (Å²) in [4.78, 5) is 78.4. The third kappa shape index (κ3) is 8.38. The number of anilines is 1. The smallest absolute Gasteiger partial charge is 0.312 e. The lowest BCUT2D eigenvalue weighted by molar-refractivity contribution is -0.144. The first-order valence-electron chi connectivity index (χ1n) is 21.3. The van der Waals surface area contributed by atoms with Crippen LogP contribution >= 0.6 is 0 Å². The van der Waals surface area contributed by atoms with Crippen molar-refractivity contribution in [3.05, 3.63) is 105 Å². The van der Waals surface area contributed by atoms with Gasteiger partial charge in [-0.1, -0.05) is 87.8 Å². The molecule has 3 aromatic carbocycles. The number of allylic oxidation sites excluding steroid dienone is 2. The molecule has 2 bridgehead atoms. The van der Waals surface area contributed by atoms with E-state index in [1.165, 1.54) is 18.2 Å². The number of ketones is 3. The lowest BCUT2D eigenvalue weighted by Crippen LogP contribution is -2.52. The number of fused-ring (bicyclic) bond motifs is 4. The minimum Gasteiger partial charge on any atom is -0.507 e. The lowest BCUT2D eigenvalue weighted by Gasteiger charge is -2.38. The number of phenols is 1. The highest BCUT2D eigenvalue weighted by Gasteiger charge is 2.81. The highest BCUT2D eigenvalue weighted by atomic mass is 16.6. The first-order valence-corrected chi connectivity index (χ1v) is 21.3. The van der Waals surface area contributed by atoms with Gasteiger partial charge < -0.3 is 47.1 Å². The summed E-state index contributed by atoms with van der Waals surface area (Å²) in [5.74, 6) is 8.70. The van der Waals surface area contributed by atoms with Crippen LogP contribution in [-0.4, -0.2) is 81.8 Å². The molecule has 3 aromatic rings. The maximum absolute atomic E-state index is 14.3. The average molecular weight is 870 g/mol. The topological polar surface area (TPSA) is 253 Å². The van der Waals surface area contributed by atoms with Crippen molar-refractivity contribution in [3.8, 4) is 29.4 Å². The number of ether oxygens (including phenoxy) is 2. The number of nitrogens with two attached hydrogens (primary N) is 2. The molecule has 64 heavy (non-hydrogen) atoms. The third-order valence-corrected chi connectivity index (χ3v) is 12.4. The fraction of sp³-hybridized carbons (Fsp3) is 0.388. The quantitative estimate of drug-likeness (QED) is 0.0282. The fourth-order valence-corrected chi connectivity index (χ4v) is 8.85. The van der Waals surface area contributed by atoms with E-state index in [0.29, 0.717) is 28.7 Å². The molecule has 0 aromatic heterocycles. The highest BCUT2D eigenvalue weighted by molar-refractivity contribution is 6.31. The molecular weight excluding hydrogens is 819 g/mol. The summed E-state index contributed by atoms with van der Waals surface area (Å²) < 4.78 is 12.0. The molecular formula is C49H51N5O10. The van der Waals surface area contributed by atoms with Crippen LogP contribution in [0.1, 0.15) is 101 Å². The Morgan fingerprint density at radius 3 is 2.28 bits per heavy atom. The van der Waals surface area contributed by atoms with Gasteiger partial charge in [0.2, 0.25) is 5.91 Å². The Morgan fingerprint density at radius 2 is 1.59 bits per heavy atom. The Morgan fingerprint density at radius 1 is 0.922 bits per heavy atom. The van der Waals surface area contributed by atoms with Gasteiger partial charge in [-0.3, -0.25) is 24.0 Å². The predicted octanol–water partition coefficient (Wildman–Crippen LogP) is 3.22. The summed E-state index contributed by atoms with van der Waals surface area (Å²) in [6, 6.07) is 10.1. The second-order valence-corrected chi connectivity index (χ2v) is 17.2. The molecule has 332 valence electrons. The van der Waals surface area contributed by atoms with Crippen LogP contribution in [0.15, 0.2) is 60.7 Å². The molecule has 9 N–H and O–H groups in total. The van der Waals surface area contributed by atoms with Crippen molar-refractivity contribution in [2.75, 3.05) is 11.9 Å². The summed E-state index contributed by atoms with van der Waals surface area (Å²) in [6.45, 7) is 7.69. The Labute approximate surface area is 370 Å². The number of aliphatic hydroxyl groups is 1. The van der Waals surface area contributed by atoms with Crippen molar-refractivity contribution in [1.82, 2.24) is 10.6 Å². The van der Waals surface area contributed by atoms with Gasteiger partial charge in [-0.05, 0) is 72.1 Å². The number of esters is 1. The van der Waals surface area contributed by atoms with Crippen LogP contribution in [0.4, 0.5) is 10.5 Å². The zero-order valence-corrected chi connectivity index (χ0v) is 36.0. The third-order valence-electron chi connectivity index (χ3n) is 12.4. The monoisotopic (exact) mass is 869 g/mol. The highest BCUT2D eigenvalue weighted by Crippen LogP contribution is 2.68. The van der Waals surface area contributed by atoms with Gasteiger partial charge in [-0.15, -0.1) is 0 Å². The van der Waals surface area contributed by atoms with Crippen LogP contribution in [0.3, 0.4) is 0 Å². The first kappa shape index (κ1) is 45.3. The number of amides is 3. The molecule has 0 saturated carbocycles. The Balaban J connectivity index is 0.989. The molecule has 6 atom stereocenters. The number of urea groups is 1. The van der Waals surface area contributed by atoms with Crippen LogP contribution in [0.5, 0.6) is 5.75 Å². The lowest BCUT2D eigenvalue weighted by atomic mass is 9.67. The van der Waals surface area contributed by atoms with Crippen LogP contribution < -0.4 is 27.4 Å². The van der Waals surface area contributed by atoms with Crippen LogP contribution in [-0.2, 0) is 48.9 Å². The fourth-order valence-electron chi connectivity index (χ4n) is 8.85. The van der Waals surface area contributed by atoms with E-state index in [2.05, 4.69) is 39.6 Å². The van der Waals surface area contributed by atoms with Crippen LogP contribution in [0.2, 0.25) is 0 Å². The number of rotatable bonds is 16. The van der Waals surface area contributed by atoms with Crippen LogP contribution in [0, 0.1) is 35.5 Å². The molecule has 0 radical (unpaired) electrons. The number of benzene rings is 3. The van der Waals surface area contributed by atoms with Gasteiger partial charge in [-0.25, -0.2) is 4.79 Å². The van der Waals surface area contributed by atoms with Gasteiger partial charge in [0.15, 0.2) is 29.1 Å². The normalized spacial score (nSPS) is 22.3. The summed E-state index contributed by atoms with van der Waals surface area (Å²) in [5.41, 5.74) is 11.2. The average Bonchev–Trinajstić information content (AvgIpc) is 4.00. The standard InChI is InChI=1S/C49H51N5O10/c1-26(2)42(50)46(61)53-34(10-9-21-52-47(51)62)35(55)23-29-13-15-30(16-14-29)25-63-39(58)20-18-28-17-19-31-32(22-28)45(60)40-36(56)24-33-43(41(40)44(31)59)54-37-11-7-5-6-8-12-38(57)49(33)48(37,64-49)27(3)4/h5-6,13-17,19,22,24,26-27,34,37-38,42,54,56-57H,9-10,18,20-21,23,25,50H2,1-4H3,(H,53,61)(H3,51,52,62)/b6-5-/t34-,37-,38+,42-,48-,49-/m0/s1. The van der Waals surface area contributed by atoms with Gasteiger partial charge >= 0.3 is 12.0 Å². The minimum absolute atomic E-state index is 0.0202. The molecule has 3 amide bonds. The van der Waals surface area contributed by atoms with Crippen molar-refractivity contribution in [2.24, 2.45) is 23.3 Å². The van der Waals surface area contributed by atoms with E-state index in [-0.39, 0.29) is 84.4 Å². The Kier molecular flexibility index (Phi) is 12.8. The molecule has 15 heteroatoms. The molecule has 15 nitrogen and oxygen atoms in total. The minimum atomic E-state index is -1.43. The molecule has 2 aliphatic heterocycles. The maximum Gasteiger partial charge on any atom is 0.312 e. The van der Waals surface area contributed by atoms with Gasteiger partial charge in [0, 0.05) is 36.1 Å². The van der Waals surface area contributed by atoms with Crippen molar-refractivity contribution >= 4 is 40.9 Å². The second kappa shape index (κ2) is 18.1. The molecule has 0 spiro atoms. The van der Waals surface area contributed by atoms with Crippen molar-refractivity contribution in [2.45, 2.75) is 102 Å². The number of Topliss-reactive ketones (excluding diaryl/α,β-unsaturated/α-hetero) is 1. The molecule has 2 heterocycles. The van der Waals surface area contributed by atoms with Gasteiger partial charge in [0.1, 0.15) is 24.0 Å². The number of epoxide rings is 1. The van der Waals surface area contributed by atoms with Gasteiger partial charge in [-0.2, -0.15) is 0 Å². The number of aryl methyl sites for hydroxylation is 1. The Bertz CT molecular complexity index is 2600. The first-order chi connectivity index (χ1) is 30.5. The summed E-state index contributed by atoms with van der Waals surface area (Å²) in [5, 5.41) is 31.5. The zero-order chi connectivity index (χ0) is 46.1. The number of aliphatic hydroxyl groups excluding tert-OH is 1. The summed E-state index contributed by atoms with van der Waals surface area (Å²) in [6.07, 6.45) is 2.61. The summed E-state index contributed by atoms with van der Waals surface area (Å²) in [7, 11) is 0. The number of hydrogen-bond donors (Lipinski definition) is 7. The van der Waals surface area contributed by atoms with Crippen LogP contribution in [0.25, 0.3) is 0 Å².